The molecular formula is C16H27N3O2S. The highest BCUT2D eigenvalue weighted by Crippen LogP contribution is 2.20. The first-order chi connectivity index (χ1) is 10.5. The summed E-state index contributed by atoms with van der Waals surface area (Å²) in [5.41, 5.74) is 0. The summed E-state index contributed by atoms with van der Waals surface area (Å²) in [6.07, 6.45) is 1.77. The Hall–Kier alpha value is -1.11. The summed E-state index contributed by atoms with van der Waals surface area (Å²) in [6.45, 7) is 6.03. The van der Waals surface area contributed by atoms with Crippen LogP contribution >= 0.6 is 11.3 Å². The second-order valence-corrected chi connectivity index (χ2v) is 7.25. The van der Waals surface area contributed by atoms with E-state index in [4.69, 9.17) is 0 Å². The van der Waals surface area contributed by atoms with Crippen molar-refractivity contribution in [3.63, 3.8) is 0 Å². The summed E-state index contributed by atoms with van der Waals surface area (Å²) in [4.78, 5) is 17.3. The molecule has 0 bridgehead atoms. The fraction of sp³-hybridized carbons (Fsp3) is 0.688. The van der Waals surface area contributed by atoms with E-state index in [0.717, 1.165) is 39.0 Å². The molecule has 1 aromatic rings. The molecule has 0 aromatic carbocycles. The smallest absolute Gasteiger partial charge is 0.317 e. The molecule has 2 N–H and O–H groups in total. The second kappa shape index (κ2) is 8.50. The Morgan fingerprint density at radius 2 is 2.27 bits per heavy atom. The zero-order chi connectivity index (χ0) is 15.9. The fourth-order valence-electron chi connectivity index (χ4n) is 2.82. The molecular weight excluding hydrogens is 298 g/mol. The summed E-state index contributed by atoms with van der Waals surface area (Å²) in [7, 11) is 1.71. The van der Waals surface area contributed by atoms with E-state index in [1.54, 1.807) is 14.0 Å². The van der Waals surface area contributed by atoms with Crippen molar-refractivity contribution in [2.45, 2.75) is 32.4 Å². The zero-order valence-electron chi connectivity index (χ0n) is 13.5. The molecule has 6 heteroatoms. The minimum atomic E-state index is -0.490. The van der Waals surface area contributed by atoms with Gasteiger partial charge in [0.1, 0.15) is 0 Å². The van der Waals surface area contributed by atoms with Gasteiger partial charge < -0.3 is 15.3 Å². The molecule has 5 nitrogen and oxygen atoms in total. The summed E-state index contributed by atoms with van der Waals surface area (Å²) < 4.78 is 0. The molecule has 0 saturated carbocycles. The Bertz CT molecular complexity index is 442. The predicted molar refractivity (Wildman–Crippen MR) is 90.0 cm³/mol. The van der Waals surface area contributed by atoms with E-state index in [9.17, 15) is 9.90 Å². The van der Waals surface area contributed by atoms with Gasteiger partial charge in [0.25, 0.3) is 0 Å². The number of thiophene rings is 1. The van der Waals surface area contributed by atoms with E-state index in [-0.39, 0.29) is 6.03 Å². The maximum Gasteiger partial charge on any atom is 0.317 e. The van der Waals surface area contributed by atoms with Gasteiger partial charge in [0.15, 0.2) is 0 Å². The van der Waals surface area contributed by atoms with Crippen LogP contribution < -0.4 is 5.32 Å². The predicted octanol–water partition coefficient (Wildman–Crippen LogP) is 1.98. The number of rotatable bonds is 6. The van der Waals surface area contributed by atoms with Crippen LogP contribution in [0.25, 0.3) is 0 Å². The van der Waals surface area contributed by atoms with Crippen LogP contribution in [0.15, 0.2) is 17.5 Å². The number of urea groups is 1. The lowest BCUT2D eigenvalue weighted by molar-refractivity contribution is 0.140. The molecule has 1 fully saturated rings. The van der Waals surface area contributed by atoms with Gasteiger partial charge in [-0.1, -0.05) is 6.07 Å². The van der Waals surface area contributed by atoms with Crippen LogP contribution in [0.4, 0.5) is 4.79 Å². The quantitative estimate of drug-likeness (QED) is 0.841. The molecule has 0 spiro atoms. The number of carbonyl (C=O) groups is 1. The topological polar surface area (TPSA) is 55.8 Å². The van der Waals surface area contributed by atoms with Crippen LogP contribution in [-0.4, -0.2) is 60.3 Å². The molecule has 1 aliphatic heterocycles. The number of amides is 2. The summed E-state index contributed by atoms with van der Waals surface area (Å²) in [5, 5.41) is 14.4. The van der Waals surface area contributed by atoms with Crippen LogP contribution in [0, 0.1) is 5.92 Å². The summed E-state index contributed by atoms with van der Waals surface area (Å²) in [6, 6.07) is 4.20. The van der Waals surface area contributed by atoms with E-state index in [1.165, 1.54) is 9.78 Å². The second-order valence-electron chi connectivity index (χ2n) is 6.21. The Morgan fingerprint density at radius 1 is 1.55 bits per heavy atom. The van der Waals surface area contributed by atoms with Gasteiger partial charge in [-0.05, 0) is 50.2 Å². The fourth-order valence-corrected chi connectivity index (χ4v) is 3.56. The number of carbonyl (C=O) groups excluding carboxylic acids is 1. The first kappa shape index (κ1) is 17.2. The number of nitrogens with zero attached hydrogens (tertiary/aromatic N) is 2. The van der Waals surface area contributed by atoms with E-state index in [0.29, 0.717) is 12.5 Å². The lowest BCUT2D eigenvalue weighted by Crippen LogP contribution is -2.44. The highest BCUT2D eigenvalue weighted by atomic mass is 32.1. The molecule has 0 radical (unpaired) electrons. The van der Waals surface area contributed by atoms with Crippen molar-refractivity contribution in [1.29, 1.82) is 0 Å². The molecule has 2 rings (SSSR count). The zero-order valence-corrected chi connectivity index (χ0v) is 14.3. The summed E-state index contributed by atoms with van der Waals surface area (Å²) >= 11 is 1.81. The van der Waals surface area contributed by atoms with Crippen molar-refractivity contribution in [3.8, 4) is 0 Å². The van der Waals surface area contributed by atoms with Gasteiger partial charge in [0.2, 0.25) is 0 Å². The minimum Gasteiger partial charge on any atom is -0.392 e. The van der Waals surface area contributed by atoms with Gasteiger partial charge in [0.05, 0.1) is 6.10 Å². The van der Waals surface area contributed by atoms with E-state index < -0.39 is 6.10 Å². The molecule has 2 amide bonds. The van der Waals surface area contributed by atoms with Gasteiger partial charge in [-0.25, -0.2) is 4.79 Å². The van der Waals surface area contributed by atoms with Gasteiger partial charge in [-0.2, -0.15) is 0 Å². The largest absolute Gasteiger partial charge is 0.392 e. The molecule has 0 aliphatic carbocycles. The maximum atomic E-state index is 11.9. The van der Waals surface area contributed by atoms with Gasteiger partial charge in [-0.3, -0.25) is 4.90 Å². The molecule has 1 aromatic heterocycles. The number of hydrogen-bond donors (Lipinski definition) is 2. The number of aliphatic hydroxyl groups is 1. The Balaban J connectivity index is 1.64. The SMILES string of the molecule is CC(O)CN(C)C(=O)NCC1CCN(Cc2cccs2)CC1. The average molecular weight is 325 g/mol. The van der Waals surface area contributed by atoms with Crippen LogP contribution in [0.5, 0.6) is 0 Å². The molecule has 2 heterocycles. The van der Waals surface area contributed by atoms with Gasteiger partial charge in [0, 0.05) is 31.6 Å². The van der Waals surface area contributed by atoms with Crippen molar-refractivity contribution in [2.24, 2.45) is 5.92 Å². The number of likely N-dealkylation sites (N-methyl/N-ethyl adjacent to an activating group) is 1. The maximum absolute atomic E-state index is 11.9. The van der Waals surface area contributed by atoms with Crippen molar-refractivity contribution in [1.82, 2.24) is 15.1 Å². The van der Waals surface area contributed by atoms with Gasteiger partial charge >= 0.3 is 6.03 Å². The number of aliphatic hydroxyl groups excluding tert-OH is 1. The monoisotopic (exact) mass is 325 g/mol. The standard InChI is InChI=1S/C16H27N3O2S/c1-13(20)11-18(2)16(21)17-10-14-5-7-19(8-6-14)12-15-4-3-9-22-15/h3-4,9,13-14,20H,5-8,10-12H2,1-2H3,(H,17,21). The third kappa shape index (κ3) is 5.59. The molecule has 1 unspecified atom stereocenters. The highest BCUT2D eigenvalue weighted by Gasteiger charge is 2.20. The van der Waals surface area contributed by atoms with Crippen molar-refractivity contribution < 1.29 is 9.90 Å². The van der Waals surface area contributed by atoms with Crippen molar-refractivity contribution in [2.75, 3.05) is 33.2 Å². The minimum absolute atomic E-state index is 0.0954. The first-order valence-electron chi connectivity index (χ1n) is 7.96. The van der Waals surface area contributed by atoms with Crippen LogP contribution in [0.2, 0.25) is 0 Å². The Kier molecular flexibility index (Phi) is 6.67. The third-order valence-electron chi connectivity index (χ3n) is 4.09. The van der Waals surface area contributed by atoms with E-state index in [2.05, 4.69) is 27.7 Å². The highest BCUT2D eigenvalue weighted by molar-refractivity contribution is 7.09. The van der Waals surface area contributed by atoms with Crippen LogP contribution in [0.3, 0.4) is 0 Å². The van der Waals surface area contributed by atoms with Crippen LogP contribution in [-0.2, 0) is 6.54 Å². The van der Waals surface area contributed by atoms with Crippen LogP contribution in [0.1, 0.15) is 24.6 Å². The number of piperidine rings is 1. The lowest BCUT2D eigenvalue weighted by Gasteiger charge is -2.32. The third-order valence-corrected chi connectivity index (χ3v) is 4.95. The molecule has 1 atom stereocenters. The number of likely N-dealkylation sites (tertiary alicyclic amines) is 1. The Labute approximate surface area is 136 Å². The van der Waals surface area contributed by atoms with E-state index >= 15 is 0 Å². The van der Waals surface area contributed by atoms with E-state index in [1.807, 2.05) is 11.3 Å². The van der Waals surface area contributed by atoms with Crippen molar-refractivity contribution in [3.05, 3.63) is 22.4 Å². The van der Waals surface area contributed by atoms with Crippen molar-refractivity contribution >= 4 is 17.4 Å². The lowest BCUT2D eigenvalue weighted by atomic mass is 9.97. The molecule has 124 valence electrons. The normalized spacial score (nSPS) is 18.1. The number of hydrogen-bond acceptors (Lipinski definition) is 4. The summed E-state index contributed by atoms with van der Waals surface area (Å²) in [5.74, 6) is 0.559. The average Bonchev–Trinajstić information content (AvgIpc) is 2.98. The van der Waals surface area contributed by atoms with Gasteiger partial charge in [-0.15, -0.1) is 11.3 Å². The molecule has 22 heavy (non-hydrogen) atoms. The first-order valence-corrected chi connectivity index (χ1v) is 8.84. The molecule has 1 aliphatic rings. The Morgan fingerprint density at radius 3 is 2.86 bits per heavy atom. The molecule has 1 saturated heterocycles. The number of nitrogens with one attached hydrogen (secondary N) is 1.